The molecule has 0 aliphatic carbocycles. The zero-order valence-electron chi connectivity index (χ0n) is 19.8. The number of carbonyl (C=O) groups excluding carboxylic acids is 2. The molecule has 0 fully saturated rings. The van der Waals surface area contributed by atoms with Gasteiger partial charge in [-0.3, -0.25) is 13.9 Å². The van der Waals surface area contributed by atoms with Crippen LogP contribution in [0, 0.1) is 6.92 Å². The van der Waals surface area contributed by atoms with Crippen molar-refractivity contribution in [1.29, 1.82) is 0 Å². The van der Waals surface area contributed by atoms with Gasteiger partial charge in [0.25, 0.3) is 0 Å². The molecule has 0 spiro atoms. The van der Waals surface area contributed by atoms with E-state index in [1.54, 1.807) is 30.3 Å². The van der Waals surface area contributed by atoms with Crippen LogP contribution in [0.1, 0.15) is 37.3 Å². The van der Waals surface area contributed by atoms with Crippen LogP contribution in [0.25, 0.3) is 0 Å². The van der Waals surface area contributed by atoms with Crippen LogP contribution in [0.15, 0.2) is 42.5 Å². The van der Waals surface area contributed by atoms with Crippen LogP contribution in [0.5, 0.6) is 0 Å². The molecule has 10 heteroatoms. The molecule has 2 rings (SSSR count). The van der Waals surface area contributed by atoms with E-state index in [9.17, 15) is 18.0 Å². The normalized spacial score (nSPS) is 12.2. The summed E-state index contributed by atoms with van der Waals surface area (Å²) in [5.41, 5.74) is 1.95. The van der Waals surface area contributed by atoms with Crippen molar-refractivity contribution in [2.24, 2.45) is 0 Å². The van der Waals surface area contributed by atoms with Crippen LogP contribution in [0.3, 0.4) is 0 Å². The predicted molar refractivity (Wildman–Crippen MR) is 138 cm³/mol. The number of likely N-dealkylation sites (N-methyl/N-ethyl adjacent to an activating group) is 1. The molecule has 0 aliphatic heterocycles. The molecular weight excluding hydrogens is 497 g/mol. The predicted octanol–water partition coefficient (Wildman–Crippen LogP) is 4.40. The van der Waals surface area contributed by atoms with Crippen molar-refractivity contribution in [3.63, 3.8) is 0 Å². The van der Waals surface area contributed by atoms with E-state index in [1.165, 1.54) is 16.3 Å². The van der Waals surface area contributed by atoms with Gasteiger partial charge in [-0.05, 0) is 43.5 Å². The summed E-state index contributed by atoms with van der Waals surface area (Å²) in [5.74, 6) is -0.582. The molecule has 7 nitrogen and oxygen atoms in total. The molecule has 1 N–H and O–H groups in total. The Bertz CT molecular complexity index is 1100. The average Bonchev–Trinajstić information content (AvgIpc) is 2.78. The second-order valence-electron chi connectivity index (χ2n) is 7.99. The number of nitrogens with zero attached hydrogens (tertiary/aromatic N) is 2. The molecule has 186 valence electrons. The quantitative estimate of drug-likeness (QED) is 0.469. The first-order chi connectivity index (χ1) is 16.0. The first-order valence-electron chi connectivity index (χ1n) is 11.0. The molecule has 2 aromatic rings. The molecule has 34 heavy (non-hydrogen) atoms. The van der Waals surface area contributed by atoms with Crippen molar-refractivity contribution >= 4 is 50.7 Å². The standard InChI is InChI=1S/C24H31Cl2N3O4S/c1-5-21(24(31)27-3)28(16-18-19(25)11-8-12-20(18)26)23(30)14-9-15-29(34(4,32)33)22-13-7-6-10-17(22)2/h6-8,10-13,21H,5,9,14-16H2,1-4H3,(H,27,31)/t21-/m0/s1. The fourth-order valence-corrected chi connectivity index (χ4v) is 5.31. The number of para-hydroxylation sites is 1. The summed E-state index contributed by atoms with van der Waals surface area (Å²) in [4.78, 5) is 27.3. The van der Waals surface area contributed by atoms with Gasteiger partial charge in [0.05, 0.1) is 11.9 Å². The number of halogens is 2. The number of benzene rings is 2. The van der Waals surface area contributed by atoms with E-state index in [-0.39, 0.29) is 37.7 Å². The van der Waals surface area contributed by atoms with E-state index in [0.29, 0.717) is 27.7 Å². The summed E-state index contributed by atoms with van der Waals surface area (Å²) < 4.78 is 26.2. The summed E-state index contributed by atoms with van der Waals surface area (Å²) in [5, 5.41) is 3.41. The zero-order chi connectivity index (χ0) is 25.5. The monoisotopic (exact) mass is 527 g/mol. The van der Waals surface area contributed by atoms with Crippen molar-refractivity contribution < 1.29 is 18.0 Å². The van der Waals surface area contributed by atoms with Crippen LogP contribution in [-0.4, -0.2) is 51.0 Å². The van der Waals surface area contributed by atoms with Gasteiger partial charge in [-0.2, -0.15) is 0 Å². The summed E-state index contributed by atoms with van der Waals surface area (Å²) in [6.07, 6.45) is 1.86. The van der Waals surface area contributed by atoms with Gasteiger partial charge in [-0.1, -0.05) is 54.4 Å². The number of hydrogen-bond donors (Lipinski definition) is 1. The van der Waals surface area contributed by atoms with E-state index >= 15 is 0 Å². The molecule has 0 bridgehead atoms. The minimum atomic E-state index is -3.55. The number of carbonyl (C=O) groups is 2. The van der Waals surface area contributed by atoms with Gasteiger partial charge >= 0.3 is 0 Å². The van der Waals surface area contributed by atoms with Crippen molar-refractivity contribution in [1.82, 2.24) is 10.2 Å². The van der Waals surface area contributed by atoms with Crippen LogP contribution >= 0.6 is 23.2 Å². The Morgan fingerprint density at radius 2 is 1.68 bits per heavy atom. The molecule has 2 amide bonds. The highest BCUT2D eigenvalue weighted by atomic mass is 35.5. The summed E-state index contributed by atoms with van der Waals surface area (Å²) >= 11 is 12.6. The van der Waals surface area contributed by atoms with Crippen molar-refractivity contribution in [3.05, 3.63) is 63.6 Å². The molecule has 0 aromatic heterocycles. The zero-order valence-corrected chi connectivity index (χ0v) is 22.2. The van der Waals surface area contributed by atoms with Gasteiger partial charge < -0.3 is 10.2 Å². The number of sulfonamides is 1. The summed E-state index contributed by atoms with van der Waals surface area (Å²) in [6, 6.07) is 11.5. The fourth-order valence-electron chi connectivity index (χ4n) is 3.77. The second-order valence-corrected chi connectivity index (χ2v) is 10.7. The Balaban J connectivity index is 2.25. The van der Waals surface area contributed by atoms with E-state index in [1.807, 2.05) is 26.0 Å². The molecule has 0 radical (unpaired) electrons. The maximum absolute atomic E-state index is 13.3. The Hall–Kier alpha value is -2.29. The van der Waals surface area contributed by atoms with Gasteiger partial charge in [-0.25, -0.2) is 8.42 Å². The Morgan fingerprint density at radius 1 is 1.06 bits per heavy atom. The summed E-state index contributed by atoms with van der Waals surface area (Å²) in [6.45, 7) is 3.85. The van der Waals surface area contributed by atoms with E-state index < -0.39 is 16.1 Å². The fraction of sp³-hybridized carbons (Fsp3) is 0.417. The van der Waals surface area contributed by atoms with Crippen molar-refractivity contribution in [2.45, 2.75) is 45.7 Å². The van der Waals surface area contributed by atoms with Gasteiger partial charge in [-0.15, -0.1) is 0 Å². The number of aryl methyl sites for hydroxylation is 1. The first-order valence-corrected chi connectivity index (χ1v) is 13.6. The van der Waals surface area contributed by atoms with Crippen LogP contribution in [0.4, 0.5) is 5.69 Å². The smallest absolute Gasteiger partial charge is 0.242 e. The lowest BCUT2D eigenvalue weighted by Gasteiger charge is -2.31. The molecular formula is C24H31Cl2N3O4S. The second kappa shape index (κ2) is 12.4. The number of amides is 2. The molecule has 0 unspecified atom stereocenters. The third kappa shape index (κ3) is 7.10. The molecule has 0 saturated carbocycles. The SMILES string of the molecule is CC[C@@H](C(=O)NC)N(Cc1c(Cl)cccc1Cl)C(=O)CCCN(c1ccccc1C)S(C)(=O)=O. The third-order valence-corrected chi connectivity index (χ3v) is 7.45. The molecule has 0 aliphatic rings. The van der Waals surface area contributed by atoms with Crippen molar-refractivity contribution in [3.8, 4) is 0 Å². The molecule has 1 atom stereocenters. The highest BCUT2D eigenvalue weighted by Crippen LogP contribution is 2.28. The Morgan fingerprint density at radius 3 is 2.21 bits per heavy atom. The molecule has 0 saturated heterocycles. The van der Waals surface area contributed by atoms with E-state index in [4.69, 9.17) is 23.2 Å². The van der Waals surface area contributed by atoms with E-state index in [0.717, 1.165) is 11.8 Å². The van der Waals surface area contributed by atoms with Crippen LogP contribution in [-0.2, 0) is 26.2 Å². The first kappa shape index (κ1) is 28.0. The van der Waals surface area contributed by atoms with Gasteiger partial charge in [0.15, 0.2) is 0 Å². The van der Waals surface area contributed by atoms with E-state index in [2.05, 4.69) is 5.32 Å². The summed E-state index contributed by atoms with van der Waals surface area (Å²) in [7, 11) is -2.03. The van der Waals surface area contributed by atoms with Crippen molar-refractivity contribution in [2.75, 3.05) is 24.2 Å². The molecule has 2 aromatic carbocycles. The minimum Gasteiger partial charge on any atom is -0.357 e. The average molecular weight is 529 g/mol. The highest BCUT2D eigenvalue weighted by Gasteiger charge is 2.29. The lowest BCUT2D eigenvalue weighted by Crippen LogP contribution is -2.48. The minimum absolute atomic E-state index is 0.0491. The maximum Gasteiger partial charge on any atom is 0.242 e. The van der Waals surface area contributed by atoms with Crippen LogP contribution in [0.2, 0.25) is 10.0 Å². The lowest BCUT2D eigenvalue weighted by atomic mass is 10.1. The van der Waals surface area contributed by atoms with Gasteiger partial charge in [0.2, 0.25) is 21.8 Å². The number of rotatable bonds is 11. The maximum atomic E-state index is 13.3. The highest BCUT2D eigenvalue weighted by molar-refractivity contribution is 7.92. The van der Waals surface area contributed by atoms with Gasteiger partial charge in [0.1, 0.15) is 6.04 Å². The topological polar surface area (TPSA) is 86.8 Å². The Labute approximate surface area is 212 Å². The number of hydrogen-bond acceptors (Lipinski definition) is 4. The largest absolute Gasteiger partial charge is 0.357 e. The lowest BCUT2D eigenvalue weighted by molar-refractivity contribution is -0.141. The third-order valence-electron chi connectivity index (χ3n) is 5.56. The number of anilines is 1. The molecule has 0 heterocycles. The number of nitrogens with one attached hydrogen (secondary N) is 1. The van der Waals surface area contributed by atoms with Crippen LogP contribution < -0.4 is 9.62 Å². The Kier molecular flexibility index (Phi) is 10.2. The van der Waals surface area contributed by atoms with Gasteiger partial charge in [0, 0.05) is 42.2 Å².